The second-order valence-corrected chi connectivity index (χ2v) is 7.49. The van der Waals surface area contributed by atoms with Crippen molar-refractivity contribution >= 4 is 20.8 Å². The van der Waals surface area contributed by atoms with Crippen LogP contribution in [0.1, 0.15) is 18.1 Å². The molecule has 0 aromatic heterocycles. The Bertz CT molecular complexity index is 983. The quantitative estimate of drug-likeness (QED) is 0.709. The molecule has 0 spiro atoms. The van der Waals surface area contributed by atoms with Gasteiger partial charge in [-0.25, -0.2) is 17.5 Å². The number of sulfonamides is 1. The minimum absolute atomic E-state index is 0.0449. The van der Waals surface area contributed by atoms with Gasteiger partial charge in [-0.2, -0.15) is 0 Å². The lowest BCUT2D eigenvalue weighted by Crippen LogP contribution is -2.26. The van der Waals surface area contributed by atoms with Crippen molar-refractivity contribution in [3.05, 3.63) is 78.1 Å². The van der Waals surface area contributed by atoms with Gasteiger partial charge in [0, 0.05) is 6.54 Å². The van der Waals surface area contributed by atoms with E-state index in [1.165, 1.54) is 18.2 Å². The van der Waals surface area contributed by atoms with Crippen molar-refractivity contribution in [2.45, 2.75) is 17.4 Å². The van der Waals surface area contributed by atoms with Crippen LogP contribution in [0.5, 0.6) is 0 Å². The van der Waals surface area contributed by atoms with Crippen LogP contribution in [0, 0.1) is 5.82 Å². The van der Waals surface area contributed by atoms with E-state index in [-0.39, 0.29) is 17.9 Å². The van der Waals surface area contributed by atoms with Gasteiger partial charge in [-0.15, -0.1) is 0 Å². The number of hydrogen-bond donors (Lipinski definition) is 2. The molecule has 25 heavy (non-hydrogen) atoms. The third-order valence-corrected chi connectivity index (χ3v) is 5.46. The highest BCUT2D eigenvalue weighted by Crippen LogP contribution is 2.26. The fraction of sp³-hybridized carbons (Fsp3) is 0.158. The van der Waals surface area contributed by atoms with Crippen LogP contribution in [-0.4, -0.2) is 20.1 Å². The molecule has 0 aliphatic carbocycles. The molecule has 130 valence electrons. The van der Waals surface area contributed by atoms with Crippen LogP contribution >= 0.6 is 0 Å². The van der Waals surface area contributed by atoms with Crippen LogP contribution in [0.2, 0.25) is 0 Å². The van der Waals surface area contributed by atoms with Gasteiger partial charge in [-0.1, -0.05) is 48.5 Å². The number of nitrogens with one attached hydrogen (secondary N) is 1. The van der Waals surface area contributed by atoms with Crippen LogP contribution < -0.4 is 4.72 Å². The van der Waals surface area contributed by atoms with Crippen LogP contribution in [-0.2, 0) is 10.0 Å². The summed E-state index contributed by atoms with van der Waals surface area (Å²) in [4.78, 5) is -0.132. The van der Waals surface area contributed by atoms with Gasteiger partial charge in [0.25, 0.3) is 0 Å². The summed E-state index contributed by atoms with van der Waals surface area (Å²) in [5, 5.41) is 12.4. The molecule has 0 saturated heterocycles. The molecule has 0 amide bonds. The Hall–Kier alpha value is -2.28. The van der Waals surface area contributed by atoms with Crippen LogP contribution in [0.4, 0.5) is 4.39 Å². The van der Waals surface area contributed by atoms with Gasteiger partial charge in [-0.3, -0.25) is 0 Å². The lowest BCUT2D eigenvalue weighted by atomic mass is 9.99. The van der Waals surface area contributed by atoms with Gasteiger partial charge in [0.1, 0.15) is 5.82 Å². The van der Waals surface area contributed by atoms with Crippen LogP contribution in [0.25, 0.3) is 10.8 Å². The van der Waals surface area contributed by atoms with Gasteiger partial charge in [0.2, 0.25) is 10.0 Å². The SMILES string of the molecule is O=S(=O)(NCCC(O)c1cccc2ccccc12)c1cccc(F)c1. The summed E-state index contributed by atoms with van der Waals surface area (Å²) in [6.45, 7) is 0.0449. The highest BCUT2D eigenvalue weighted by molar-refractivity contribution is 7.89. The monoisotopic (exact) mass is 359 g/mol. The second-order valence-electron chi connectivity index (χ2n) is 5.73. The zero-order valence-corrected chi connectivity index (χ0v) is 14.2. The number of hydrogen-bond acceptors (Lipinski definition) is 3. The van der Waals surface area contributed by atoms with Crippen molar-refractivity contribution in [2.75, 3.05) is 6.54 Å². The molecule has 6 heteroatoms. The fourth-order valence-electron chi connectivity index (χ4n) is 2.74. The molecule has 4 nitrogen and oxygen atoms in total. The van der Waals surface area contributed by atoms with E-state index in [2.05, 4.69) is 4.72 Å². The molecular formula is C19H18FNO3S. The zero-order chi connectivity index (χ0) is 17.9. The fourth-order valence-corrected chi connectivity index (χ4v) is 3.82. The van der Waals surface area contributed by atoms with E-state index in [1.807, 2.05) is 42.5 Å². The number of fused-ring (bicyclic) bond motifs is 1. The Balaban J connectivity index is 1.69. The Morgan fingerprint density at radius 1 is 1.00 bits per heavy atom. The molecule has 0 fully saturated rings. The predicted octanol–water partition coefficient (Wildman–Crippen LogP) is 3.38. The lowest BCUT2D eigenvalue weighted by molar-refractivity contribution is 0.170. The van der Waals surface area contributed by atoms with E-state index >= 15 is 0 Å². The number of aliphatic hydroxyl groups excluding tert-OH is 1. The third kappa shape index (κ3) is 4.04. The van der Waals surface area contributed by atoms with Crippen molar-refractivity contribution in [1.29, 1.82) is 0 Å². The van der Waals surface area contributed by atoms with Crippen molar-refractivity contribution < 1.29 is 17.9 Å². The molecule has 0 radical (unpaired) electrons. The van der Waals surface area contributed by atoms with Crippen LogP contribution in [0.15, 0.2) is 71.6 Å². The molecule has 0 bridgehead atoms. The van der Waals surface area contributed by atoms with Crippen molar-refractivity contribution in [2.24, 2.45) is 0 Å². The summed E-state index contributed by atoms with van der Waals surface area (Å²) in [6, 6.07) is 18.2. The normalized spacial score (nSPS) is 13.0. The standard InChI is InChI=1S/C19H18FNO3S/c20-15-7-4-8-16(13-15)25(23,24)21-12-11-19(22)18-10-3-6-14-5-1-2-9-17(14)18/h1-10,13,19,21-22H,11-12H2. The highest BCUT2D eigenvalue weighted by atomic mass is 32.2. The summed E-state index contributed by atoms with van der Waals surface area (Å²) in [5.41, 5.74) is 0.753. The van der Waals surface area contributed by atoms with Gasteiger partial charge in [0.15, 0.2) is 0 Å². The van der Waals surface area contributed by atoms with Crippen molar-refractivity contribution in [3.63, 3.8) is 0 Å². The average molecular weight is 359 g/mol. The van der Waals surface area contributed by atoms with Gasteiger partial charge < -0.3 is 5.11 Å². The smallest absolute Gasteiger partial charge is 0.240 e. The molecule has 0 saturated carbocycles. The summed E-state index contributed by atoms with van der Waals surface area (Å²) < 4.78 is 39.9. The van der Waals surface area contributed by atoms with Gasteiger partial charge >= 0.3 is 0 Å². The minimum atomic E-state index is -3.80. The molecule has 2 N–H and O–H groups in total. The molecule has 1 atom stereocenters. The molecule has 0 aliphatic rings. The van der Waals surface area contributed by atoms with Crippen molar-refractivity contribution in [1.82, 2.24) is 4.72 Å². The molecule has 3 aromatic carbocycles. The van der Waals surface area contributed by atoms with E-state index in [0.717, 1.165) is 22.4 Å². The Labute approximate surface area is 146 Å². The largest absolute Gasteiger partial charge is 0.388 e. The van der Waals surface area contributed by atoms with Crippen LogP contribution in [0.3, 0.4) is 0 Å². The zero-order valence-electron chi connectivity index (χ0n) is 13.4. The van der Waals surface area contributed by atoms with E-state index in [4.69, 9.17) is 0 Å². The van der Waals surface area contributed by atoms with Gasteiger partial charge in [0.05, 0.1) is 11.0 Å². The highest BCUT2D eigenvalue weighted by Gasteiger charge is 2.16. The predicted molar refractivity (Wildman–Crippen MR) is 95.1 cm³/mol. The maximum absolute atomic E-state index is 13.2. The molecule has 0 heterocycles. The van der Waals surface area contributed by atoms with E-state index in [0.29, 0.717) is 0 Å². The summed E-state index contributed by atoms with van der Waals surface area (Å²) in [6.07, 6.45) is -0.593. The molecular weight excluding hydrogens is 341 g/mol. The first-order valence-corrected chi connectivity index (χ1v) is 9.37. The first kappa shape index (κ1) is 17.5. The first-order chi connectivity index (χ1) is 12.0. The van der Waals surface area contributed by atoms with E-state index in [9.17, 15) is 17.9 Å². The molecule has 3 rings (SSSR count). The summed E-state index contributed by atoms with van der Waals surface area (Å²) in [7, 11) is -3.80. The third-order valence-electron chi connectivity index (χ3n) is 4.00. The number of benzene rings is 3. The minimum Gasteiger partial charge on any atom is -0.388 e. The Kier molecular flexibility index (Phi) is 5.13. The second kappa shape index (κ2) is 7.31. The Morgan fingerprint density at radius 2 is 1.72 bits per heavy atom. The Morgan fingerprint density at radius 3 is 2.52 bits per heavy atom. The number of aliphatic hydroxyl groups is 1. The first-order valence-electron chi connectivity index (χ1n) is 7.88. The summed E-state index contributed by atoms with van der Waals surface area (Å²) in [5.74, 6) is -0.612. The number of rotatable bonds is 6. The average Bonchev–Trinajstić information content (AvgIpc) is 2.61. The maximum atomic E-state index is 13.2. The van der Waals surface area contributed by atoms with E-state index in [1.54, 1.807) is 0 Å². The van der Waals surface area contributed by atoms with Gasteiger partial charge in [-0.05, 0) is 41.0 Å². The lowest BCUT2D eigenvalue weighted by Gasteiger charge is -2.14. The van der Waals surface area contributed by atoms with Crippen molar-refractivity contribution in [3.8, 4) is 0 Å². The summed E-state index contributed by atoms with van der Waals surface area (Å²) >= 11 is 0. The molecule has 0 aliphatic heterocycles. The number of halogens is 1. The van der Waals surface area contributed by atoms with E-state index < -0.39 is 21.9 Å². The molecule has 3 aromatic rings. The maximum Gasteiger partial charge on any atom is 0.240 e. The topological polar surface area (TPSA) is 66.4 Å². The molecule has 1 unspecified atom stereocenters.